The summed E-state index contributed by atoms with van der Waals surface area (Å²) in [5, 5.41) is 0. The summed E-state index contributed by atoms with van der Waals surface area (Å²) in [7, 11) is 0. The van der Waals surface area contributed by atoms with Crippen LogP contribution in [0.4, 0.5) is 5.69 Å². The molecule has 0 saturated heterocycles. The van der Waals surface area contributed by atoms with Gasteiger partial charge in [-0.1, -0.05) is 12.1 Å². The van der Waals surface area contributed by atoms with Gasteiger partial charge in [-0.15, -0.1) is 0 Å². The fourth-order valence-corrected chi connectivity index (χ4v) is 1.06. The first-order valence-electron chi connectivity index (χ1n) is 3.53. The molecule has 0 aliphatic carbocycles. The van der Waals surface area contributed by atoms with E-state index in [-0.39, 0.29) is 0 Å². The molecule has 0 spiro atoms. The van der Waals surface area contributed by atoms with Gasteiger partial charge in [0.1, 0.15) is 6.61 Å². The molecule has 2 nitrogen and oxygen atoms in total. The predicted octanol–water partition coefficient (Wildman–Crippen LogP) is 1.64. The summed E-state index contributed by atoms with van der Waals surface area (Å²) in [6.45, 7) is 0.712. The van der Waals surface area contributed by atoms with Gasteiger partial charge < -0.3 is 10.5 Å². The molecule has 0 bridgehead atoms. The number of hydrogen-bond acceptors (Lipinski definition) is 2. The van der Waals surface area contributed by atoms with Gasteiger partial charge in [0.25, 0.3) is 0 Å². The standard InChI is InChI=1S/C9H9NO/c10-9-3-1-2-7(4-9)8-5-11-6-8/h1-5H,6,10H2. The molecule has 2 rings (SSSR count). The lowest BCUT2D eigenvalue weighted by Crippen LogP contribution is -2.03. The number of nitrogens with two attached hydrogens (primary N) is 1. The Hall–Kier alpha value is -1.44. The van der Waals surface area contributed by atoms with Crippen LogP contribution < -0.4 is 5.73 Å². The molecule has 1 aromatic carbocycles. The molecule has 1 heterocycles. The van der Waals surface area contributed by atoms with Gasteiger partial charge in [-0.3, -0.25) is 0 Å². The highest BCUT2D eigenvalue weighted by Gasteiger charge is 2.08. The van der Waals surface area contributed by atoms with E-state index >= 15 is 0 Å². The van der Waals surface area contributed by atoms with Gasteiger partial charge in [0.2, 0.25) is 0 Å². The van der Waals surface area contributed by atoms with Crippen molar-refractivity contribution in [2.45, 2.75) is 0 Å². The van der Waals surface area contributed by atoms with Crippen molar-refractivity contribution in [1.29, 1.82) is 0 Å². The number of anilines is 1. The number of benzene rings is 1. The maximum absolute atomic E-state index is 5.61. The van der Waals surface area contributed by atoms with Gasteiger partial charge in [0.05, 0.1) is 6.26 Å². The summed E-state index contributed by atoms with van der Waals surface area (Å²) >= 11 is 0. The van der Waals surface area contributed by atoms with Crippen molar-refractivity contribution in [3.8, 4) is 0 Å². The zero-order valence-electron chi connectivity index (χ0n) is 6.08. The van der Waals surface area contributed by atoms with Gasteiger partial charge in [-0.05, 0) is 17.7 Å². The van der Waals surface area contributed by atoms with Crippen molar-refractivity contribution >= 4 is 11.3 Å². The Balaban J connectivity index is 2.38. The van der Waals surface area contributed by atoms with Crippen molar-refractivity contribution in [1.82, 2.24) is 0 Å². The third kappa shape index (κ3) is 1.07. The first-order valence-corrected chi connectivity index (χ1v) is 3.53. The molecule has 2 heteroatoms. The highest BCUT2D eigenvalue weighted by molar-refractivity contribution is 5.70. The molecule has 0 atom stereocenters. The van der Waals surface area contributed by atoms with Gasteiger partial charge in [-0.2, -0.15) is 0 Å². The normalized spacial score (nSPS) is 14.7. The van der Waals surface area contributed by atoms with E-state index in [1.165, 1.54) is 5.57 Å². The van der Waals surface area contributed by atoms with Crippen molar-refractivity contribution in [3.63, 3.8) is 0 Å². The van der Waals surface area contributed by atoms with Crippen LogP contribution in [-0.4, -0.2) is 6.61 Å². The Morgan fingerprint density at radius 3 is 2.73 bits per heavy atom. The Labute approximate surface area is 65.3 Å². The molecule has 0 unspecified atom stereocenters. The lowest BCUT2D eigenvalue weighted by Gasteiger charge is -2.15. The lowest BCUT2D eigenvalue weighted by molar-refractivity contribution is 0.256. The van der Waals surface area contributed by atoms with E-state index in [4.69, 9.17) is 10.5 Å². The van der Waals surface area contributed by atoms with Crippen molar-refractivity contribution in [2.75, 3.05) is 12.3 Å². The Morgan fingerprint density at radius 1 is 1.36 bits per heavy atom. The average Bonchev–Trinajstić information content (AvgIpc) is 1.83. The molecule has 1 aliphatic rings. The van der Waals surface area contributed by atoms with Gasteiger partial charge in [0, 0.05) is 11.3 Å². The minimum Gasteiger partial charge on any atom is -0.496 e. The molecule has 11 heavy (non-hydrogen) atoms. The number of rotatable bonds is 1. The van der Waals surface area contributed by atoms with Crippen LogP contribution >= 0.6 is 0 Å². The first kappa shape index (κ1) is 6.28. The van der Waals surface area contributed by atoms with Crippen LogP contribution in [0, 0.1) is 0 Å². The molecule has 1 aromatic rings. The lowest BCUT2D eigenvalue weighted by atomic mass is 10.1. The van der Waals surface area contributed by atoms with E-state index < -0.39 is 0 Å². The van der Waals surface area contributed by atoms with E-state index in [9.17, 15) is 0 Å². The highest BCUT2D eigenvalue weighted by atomic mass is 16.5. The second-order valence-corrected chi connectivity index (χ2v) is 2.58. The van der Waals surface area contributed by atoms with Crippen LogP contribution in [-0.2, 0) is 4.74 Å². The van der Waals surface area contributed by atoms with Crippen molar-refractivity contribution in [2.24, 2.45) is 0 Å². The van der Waals surface area contributed by atoms with E-state index in [0.29, 0.717) is 6.61 Å². The SMILES string of the molecule is Nc1cccc(C2=COC2)c1. The molecule has 0 amide bonds. The van der Waals surface area contributed by atoms with Crippen molar-refractivity contribution in [3.05, 3.63) is 36.1 Å². The molecule has 2 N–H and O–H groups in total. The van der Waals surface area contributed by atoms with Gasteiger partial charge >= 0.3 is 0 Å². The Bertz CT molecular complexity index is 304. The smallest absolute Gasteiger partial charge is 0.116 e. The third-order valence-electron chi connectivity index (χ3n) is 1.72. The maximum atomic E-state index is 5.61. The first-order chi connectivity index (χ1) is 5.36. The van der Waals surface area contributed by atoms with E-state index in [2.05, 4.69) is 0 Å². The topological polar surface area (TPSA) is 35.2 Å². The van der Waals surface area contributed by atoms with Crippen LogP contribution in [0.5, 0.6) is 0 Å². The van der Waals surface area contributed by atoms with Gasteiger partial charge in [0.15, 0.2) is 0 Å². The number of hydrogen-bond donors (Lipinski definition) is 1. The van der Waals surface area contributed by atoms with Crippen LogP contribution in [0.15, 0.2) is 30.5 Å². The van der Waals surface area contributed by atoms with E-state index in [1.807, 2.05) is 24.3 Å². The largest absolute Gasteiger partial charge is 0.496 e. The summed E-state index contributed by atoms with van der Waals surface area (Å²) in [6.07, 6.45) is 1.76. The summed E-state index contributed by atoms with van der Waals surface area (Å²) in [5.74, 6) is 0. The molecule has 0 radical (unpaired) electrons. The predicted molar refractivity (Wildman–Crippen MR) is 44.8 cm³/mol. The molecule has 56 valence electrons. The fourth-order valence-electron chi connectivity index (χ4n) is 1.06. The molecular formula is C9H9NO. The second-order valence-electron chi connectivity index (χ2n) is 2.58. The van der Waals surface area contributed by atoms with Crippen LogP contribution in [0.3, 0.4) is 0 Å². The van der Waals surface area contributed by atoms with Crippen LogP contribution in [0.1, 0.15) is 5.56 Å². The Kier molecular flexibility index (Phi) is 1.32. The van der Waals surface area contributed by atoms with E-state index in [1.54, 1.807) is 6.26 Å². The summed E-state index contributed by atoms with van der Waals surface area (Å²) in [6, 6.07) is 7.81. The average molecular weight is 147 g/mol. The van der Waals surface area contributed by atoms with Gasteiger partial charge in [-0.25, -0.2) is 0 Å². The molecule has 0 fully saturated rings. The van der Waals surface area contributed by atoms with Crippen molar-refractivity contribution < 1.29 is 4.74 Å². The summed E-state index contributed by atoms with van der Waals surface area (Å²) in [5.41, 5.74) is 8.79. The summed E-state index contributed by atoms with van der Waals surface area (Å²) < 4.78 is 4.93. The minimum atomic E-state index is 0.712. The molecular weight excluding hydrogens is 138 g/mol. The zero-order valence-corrected chi connectivity index (χ0v) is 6.08. The summed E-state index contributed by atoms with van der Waals surface area (Å²) in [4.78, 5) is 0. The maximum Gasteiger partial charge on any atom is 0.116 e. The molecule has 1 aliphatic heterocycles. The van der Waals surface area contributed by atoms with E-state index in [0.717, 1.165) is 11.3 Å². The number of nitrogen functional groups attached to an aromatic ring is 1. The highest BCUT2D eigenvalue weighted by Crippen LogP contribution is 2.22. The third-order valence-corrected chi connectivity index (χ3v) is 1.72. The molecule has 0 saturated carbocycles. The molecule has 0 aromatic heterocycles. The second kappa shape index (κ2) is 2.31. The zero-order chi connectivity index (χ0) is 7.68. The minimum absolute atomic E-state index is 0.712. The van der Waals surface area contributed by atoms with Crippen LogP contribution in [0.2, 0.25) is 0 Å². The number of ether oxygens (including phenoxy) is 1. The monoisotopic (exact) mass is 147 g/mol. The van der Waals surface area contributed by atoms with Crippen LogP contribution in [0.25, 0.3) is 5.57 Å². The Morgan fingerprint density at radius 2 is 2.18 bits per heavy atom. The quantitative estimate of drug-likeness (QED) is 0.613. The fraction of sp³-hybridized carbons (Fsp3) is 0.111.